The van der Waals surface area contributed by atoms with Gasteiger partial charge in [0.05, 0.1) is 6.54 Å². The van der Waals surface area contributed by atoms with Crippen molar-refractivity contribution in [1.82, 2.24) is 15.5 Å². The van der Waals surface area contributed by atoms with Gasteiger partial charge in [0.15, 0.2) is 0 Å². The van der Waals surface area contributed by atoms with Crippen molar-refractivity contribution in [3.63, 3.8) is 0 Å². The monoisotopic (exact) mass is 401 g/mol. The summed E-state index contributed by atoms with van der Waals surface area (Å²) in [5, 5.41) is 6.23. The van der Waals surface area contributed by atoms with Gasteiger partial charge < -0.3 is 10.6 Å². The first kappa shape index (κ1) is 20.3. The lowest BCUT2D eigenvalue weighted by atomic mass is 9.79. The van der Waals surface area contributed by atoms with E-state index in [0.717, 1.165) is 70.0 Å². The van der Waals surface area contributed by atoms with Crippen molar-refractivity contribution in [2.75, 3.05) is 26.2 Å². The maximum atomic E-state index is 13.3. The molecule has 0 aromatic heterocycles. The lowest BCUT2D eigenvalue weighted by molar-refractivity contribution is -0.127. The SMILES string of the molecule is O=C(CN1CCC(C(=O)NC2CC2)CC1)NCC1(c2ccc(F)cc2)CCCC1. The molecule has 2 aliphatic carbocycles. The molecule has 1 heterocycles. The molecular weight excluding hydrogens is 369 g/mol. The van der Waals surface area contributed by atoms with Gasteiger partial charge in [-0.15, -0.1) is 0 Å². The molecule has 2 saturated carbocycles. The smallest absolute Gasteiger partial charge is 0.234 e. The Morgan fingerprint density at radius 1 is 1.03 bits per heavy atom. The fraction of sp³-hybridized carbons (Fsp3) is 0.652. The van der Waals surface area contributed by atoms with Crippen LogP contribution in [0, 0.1) is 11.7 Å². The van der Waals surface area contributed by atoms with Gasteiger partial charge in [0.25, 0.3) is 0 Å². The fourth-order valence-corrected chi connectivity index (χ4v) is 4.85. The molecule has 3 fully saturated rings. The zero-order valence-corrected chi connectivity index (χ0v) is 17.1. The van der Waals surface area contributed by atoms with Gasteiger partial charge in [-0.3, -0.25) is 14.5 Å². The lowest BCUT2D eigenvalue weighted by Crippen LogP contribution is -2.47. The van der Waals surface area contributed by atoms with E-state index in [4.69, 9.17) is 0 Å². The summed E-state index contributed by atoms with van der Waals surface area (Å²) in [6, 6.07) is 7.17. The van der Waals surface area contributed by atoms with E-state index in [9.17, 15) is 14.0 Å². The Labute approximate surface area is 172 Å². The molecule has 0 unspecified atom stereocenters. The molecule has 29 heavy (non-hydrogen) atoms. The first-order chi connectivity index (χ1) is 14.0. The number of benzene rings is 1. The van der Waals surface area contributed by atoms with Gasteiger partial charge in [-0.1, -0.05) is 25.0 Å². The Balaban J connectivity index is 1.24. The lowest BCUT2D eigenvalue weighted by Gasteiger charge is -2.32. The number of carbonyl (C=O) groups excluding carboxylic acids is 2. The number of nitrogens with zero attached hydrogens (tertiary/aromatic N) is 1. The second-order valence-corrected chi connectivity index (χ2v) is 9.10. The van der Waals surface area contributed by atoms with Crippen LogP contribution in [0.25, 0.3) is 0 Å². The van der Waals surface area contributed by atoms with Crippen LogP contribution in [0.4, 0.5) is 4.39 Å². The topological polar surface area (TPSA) is 61.4 Å². The van der Waals surface area contributed by atoms with Crippen molar-refractivity contribution in [3.8, 4) is 0 Å². The number of piperidine rings is 1. The van der Waals surface area contributed by atoms with Gasteiger partial charge in [0.1, 0.15) is 5.82 Å². The van der Waals surface area contributed by atoms with E-state index in [2.05, 4.69) is 15.5 Å². The molecule has 0 bridgehead atoms. The molecule has 1 saturated heterocycles. The molecule has 0 spiro atoms. The van der Waals surface area contributed by atoms with Crippen molar-refractivity contribution in [2.45, 2.75) is 62.8 Å². The Morgan fingerprint density at radius 3 is 2.31 bits per heavy atom. The molecule has 1 aliphatic heterocycles. The normalized spacial score (nSPS) is 22.4. The zero-order valence-electron chi connectivity index (χ0n) is 17.1. The number of nitrogens with one attached hydrogen (secondary N) is 2. The minimum absolute atomic E-state index is 0.0410. The highest BCUT2D eigenvalue weighted by atomic mass is 19.1. The van der Waals surface area contributed by atoms with E-state index >= 15 is 0 Å². The summed E-state index contributed by atoms with van der Waals surface area (Å²) >= 11 is 0. The first-order valence-corrected chi connectivity index (χ1v) is 11.1. The Kier molecular flexibility index (Phi) is 6.18. The van der Waals surface area contributed by atoms with Crippen LogP contribution in [0.5, 0.6) is 0 Å². The minimum Gasteiger partial charge on any atom is -0.354 e. The van der Waals surface area contributed by atoms with Crippen LogP contribution in [0.3, 0.4) is 0 Å². The number of likely N-dealkylation sites (tertiary alicyclic amines) is 1. The first-order valence-electron chi connectivity index (χ1n) is 11.1. The van der Waals surface area contributed by atoms with Crippen molar-refractivity contribution < 1.29 is 14.0 Å². The van der Waals surface area contributed by atoms with E-state index < -0.39 is 0 Å². The van der Waals surface area contributed by atoms with Crippen LogP contribution in [0.1, 0.15) is 56.9 Å². The summed E-state index contributed by atoms with van der Waals surface area (Å²) in [5.74, 6) is 0.105. The van der Waals surface area contributed by atoms with E-state index in [-0.39, 0.29) is 29.0 Å². The van der Waals surface area contributed by atoms with Gasteiger partial charge in [0.2, 0.25) is 11.8 Å². The van der Waals surface area contributed by atoms with E-state index in [1.165, 1.54) is 12.1 Å². The summed E-state index contributed by atoms with van der Waals surface area (Å²) in [7, 11) is 0. The quantitative estimate of drug-likeness (QED) is 0.739. The minimum atomic E-state index is -0.222. The van der Waals surface area contributed by atoms with E-state index in [1.54, 1.807) is 0 Å². The van der Waals surface area contributed by atoms with Crippen LogP contribution in [0.2, 0.25) is 0 Å². The molecule has 5 nitrogen and oxygen atoms in total. The second kappa shape index (κ2) is 8.82. The number of carbonyl (C=O) groups is 2. The maximum absolute atomic E-state index is 13.3. The predicted molar refractivity (Wildman–Crippen MR) is 110 cm³/mol. The second-order valence-electron chi connectivity index (χ2n) is 9.10. The third-order valence-electron chi connectivity index (χ3n) is 6.89. The molecule has 4 rings (SSSR count). The van der Waals surface area contributed by atoms with Crippen LogP contribution in [-0.4, -0.2) is 48.9 Å². The number of halogens is 1. The molecule has 0 radical (unpaired) electrons. The summed E-state index contributed by atoms with van der Waals surface area (Å²) in [5.41, 5.74) is 1.05. The fourth-order valence-electron chi connectivity index (χ4n) is 4.85. The molecule has 3 aliphatic rings. The molecule has 1 aromatic carbocycles. The summed E-state index contributed by atoms with van der Waals surface area (Å²) < 4.78 is 13.3. The van der Waals surface area contributed by atoms with Crippen LogP contribution < -0.4 is 10.6 Å². The molecule has 2 amide bonds. The average molecular weight is 402 g/mol. The highest BCUT2D eigenvalue weighted by Gasteiger charge is 2.36. The Morgan fingerprint density at radius 2 is 1.69 bits per heavy atom. The van der Waals surface area contributed by atoms with Gasteiger partial charge in [0, 0.05) is 23.9 Å². The van der Waals surface area contributed by atoms with Crippen LogP contribution >= 0.6 is 0 Å². The van der Waals surface area contributed by atoms with Gasteiger partial charge >= 0.3 is 0 Å². The largest absolute Gasteiger partial charge is 0.354 e. The van der Waals surface area contributed by atoms with Gasteiger partial charge in [-0.05, 0) is 69.3 Å². The molecular formula is C23H32FN3O2. The number of hydrogen-bond acceptors (Lipinski definition) is 3. The van der Waals surface area contributed by atoms with E-state index in [1.807, 2.05) is 12.1 Å². The standard InChI is InChI=1S/C23H32FN3O2/c24-19-5-3-18(4-6-19)23(11-1-2-12-23)16-25-21(28)15-27-13-9-17(10-14-27)22(29)26-20-7-8-20/h3-6,17,20H,1-2,7-16H2,(H,25,28)(H,26,29). The molecule has 2 N–H and O–H groups in total. The van der Waals surface area contributed by atoms with Crippen LogP contribution in [-0.2, 0) is 15.0 Å². The summed E-state index contributed by atoms with van der Waals surface area (Å²) in [6.07, 6.45) is 8.22. The third kappa shape index (κ3) is 5.16. The molecule has 6 heteroatoms. The molecule has 1 aromatic rings. The molecule has 158 valence electrons. The zero-order chi connectivity index (χ0) is 20.3. The van der Waals surface area contributed by atoms with E-state index in [0.29, 0.717) is 19.1 Å². The Bertz CT molecular complexity index is 718. The van der Waals surface area contributed by atoms with Crippen molar-refractivity contribution in [2.24, 2.45) is 5.92 Å². The summed E-state index contributed by atoms with van der Waals surface area (Å²) in [4.78, 5) is 26.9. The van der Waals surface area contributed by atoms with Crippen LogP contribution in [0.15, 0.2) is 24.3 Å². The average Bonchev–Trinajstić information content (AvgIpc) is 3.41. The maximum Gasteiger partial charge on any atom is 0.234 e. The van der Waals surface area contributed by atoms with Gasteiger partial charge in [-0.25, -0.2) is 4.39 Å². The number of hydrogen-bond donors (Lipinski definition) is 2. The highest BCUT2D eigenvalue weighted by Crippen LogP contribution is 2.40. The van der Waals surface area contributed by atoms with Gasteiger partial charge in [-0.2, -0.15) is 0 Å². The van der Waals surface area contributed by atoms with Crippen molar-refractivity contribution >= 4 is 11.8 Å². The number of rotatable bonds is 7. The molecule has 0 atom stereocenters. The highest BCUT2D eigenvalue weighted by molar-refractivity contribution is 5.80. The predicted octanol–water partition coefficient (Wildman–Crippen LogP) is 2.74. The third-order valence-corrected chi connectivity index (χ3v) is 6.89. The number of amides is 2. The Hall–Kier alpha value is -1.95. The summed E-state index contributed by atoms with van der Waals surface area (Å²) in [6.45, 7) is 2.58. The van der Waals surface area contributed by atoms with Crippen molar-refractivity contribution in [3.05, 3.63) is 35.6 Å². The van der Waals surface area contributed by atoms with Crippen molar-refractivity contribution in [1.29, 1.82) is 0 Å².